The molecule has 0 amide bonds. The van der Waals surface area contributed by atoms with Gasteiger partial charge in [-0.2, -0.15) is 0 Å². The van der Waals surface area contributed by atoms with Crippen molar-refractivity contribution in [3.8, 4) is 11.4 Å². The van der Waals surface area contributed by atoms with E-state index in [0.717, 1.165) is 93.6 Å². The molecule has 0 atom stereocenters. The van der Waals surface area contributed by atoms with Crippen molar-refractivity contribution in [1.82, 2.24) is 19.1 Å². The fourth-order valence-electron chi connectivity index (χ4n) is 10.9. The molecule has 0 saturated heterocycles. The van der Waals surface area contributed by atoms with E-state index in [9.17, 15) is 0 Å². The summed E-state index contributed by atoms with van der Waals surface area (Å²) in [5.41, 5.74) is 11.0. The lowest BCUT2D eigenvalue weighted by Crippen LogP contribution is -2.75. The van der Waals surface area contributed by atoms with Crippen LogP contribution in [0, 0.1) is 0 Å². The van der Waals surface area contributed by atoms with E-state index in [1.54, 1.807) is 0 Å². The molecule has 8 aromatic carbocycles. The first-order valence-corrected chi connectivity index (χ1v) is 24.0. The van der Waals surface area contributed by atoms with Crippen LogP contribution in [-0.4, -0.2) is 27.2 Å². The Morgan fingerprint density at radius 1 is 0.369 bits per heavy atom. The zero-order valence-corrected chi connectivity index (χ0v) is 35.9. The molecule has 6 aromatic heterocycles. The molecule has 0 radical (unpaired) electrons. The van der Waals surface area contributed by atoms with E-state index in [2.05, 4.69) is 208 Å². The van der Waals surface area contributed by atoms with Crippen LogP contribution in [0.5, 0.6) is 0 Å². The summed E-state index contributed by atoms with van der Waals surface area (Å²) in [6.45, 7) is 0. The first-order valence-electron chi connectivity index (χ1n) is 22.0. The van der Waals surface area contributed by atoms with Gasteiger partial charge in [0.15, 0.2) is 8.07 Å². The first kappa shape index (κ1) is 36.0. The Morgan fingerprint density at radius 2 is 0.877 bits per heavy atom. The van der Waals surface area contributed by atoms with Crippen LogP contribution in [-0.2, 0) is 0 Å². The molecule has 0 unspecified atom stereocenters. The average molecular weight is 849 g/mol. The molecule has 0 aliphatic heterocycles. The zero-order chi connectivity index (χ0) is 42.6. The van der Waals surface area contributed by atoms with Crippen LogP contribution in [0.4, 0.5) is 0 Å². The van der Waals surface area contributed by atoms with E-state index in [4.69, 9.17) is 13.8 Å². The van der Waals surface area contributed by atoms with Gasteiger partial charge in [-0.1, -0.05) is 133 Å². The number of rotatable bonds is 6. The molecule has 6 heterocycles. The van der Waals surface area contributed by atoms with Gasteiger partial charge < -0.3 is 18.0 Å². The highest BCUT2D eigenvalue weighted by Gasteiger charge is 2.45. The monoisotopic (exact) mass is 848 g/mol. The van der Waals surface area contributed by atoms with Crippen LogP contribution in [0.25, 0.3) is 99.0 Å². The number of hydrogen-bond donors (Lipinski definition) is 0. The standard InChI is InChI=1S/C58H36N4O2Si/c1-3-14-39(15-4-1)65(40-16-5-2-6-17-40,54-25-11-20-42-45-34-37(27-29-52(45)63-57(42)54)61-48-22-9-7-18-41(48)47-36-59-33-31-50(47)61)55-26-12-21-43-46-35-38(28-30-53(46)64-58(43)55)62-49-23-10-8-19-44(49)56-51(62)24-13-32-60-56/h1-36H. The van der Waals surface area contributed by atoms with Gasteiger partial charge in [-0.05, 0) is 87.5 Å². The number of hydrogen-bond acceptors (Lipinski definition) is 4. The molecular weight excluding hydrogens is 813 g/mol. The van der Waals surface area contributed by atoms with Crippen molar-refractivity contribution >= 4 is 116 Å². The summed E-state index contributed by atoms with van der Waals surface area (Å²) in [5.74, 6) is 0. The molecule has 7 heteroatoms. The molecule has 0 bridgehead atoms. The summed E-state index contributed by atoms with van der Waals surface area (Å²) in [4.78, 5) is 9.30. The van der Waals surface area contributed by atoms with Gasteiger partial charge in [-0.25, -0.2) is 0 Å². The van der Waals surface area contributed by atoms with E-state index < -0.39 is 8.07 Å². The van der Waals surface area contributed by atoms with Gasteiger partial charge in [0, 0.05) is 67.7 Å². The van der Waals surface area contributed by atoms with Crippen molar-refractivity contribution in [2.24, 2.45) is 0 Å². The molecule has 0 aliphatic rings. The number of benzene rings is 8. The first-order chi connectivity index (χ1) is 32.3. The van der Waals surface area contributed by atoms with Gasteiger partial charge in [0.25, 0.3) is 0 Å². The second-order valence-electron chi connectivity index (χ2n) is 16.9. The maximum Gasteiger partial charge on any atom is 0.188 e. The minimum atomic E-state index is -3.25. The summed E-state index contributed by atoms with van der Waals surface area (Å²) in [5, 5.41) is 12.5. The molecule has 14 rings (SSSR count). The summed E-state index contributed by atoms with van der Waals surface area (Å²) in [6, 6.07) is 72.0. The molecule has 0 spiro atoms. The van der Waals surface area contributed by atoms with Crippen LogP contribution in [0.15, 0.2) is 228 Å². The van der Waals surface area contributed by atoms with Crippen LogP contribution < -0.4 is 20.7 Å². The molecule has 6 nitrogen and oxygen atoms in total. The van der Waals surface area contributed by atoms with E-state index in [1.807, 2.05) is 24.7 Å². The van der Waals surface area contributed by atoms with Gasteiger partial charge in [0.1, 0.15) is 22.3 Å². The second-order valence-corrected chi connectivity index (χ2v) is 20.6. The van der Waals surface area contributed by atoms with Crippen molar-refractivity contribution in [2.75, 3.05) is 0 Å². The van der Waals surface area contributed by atoms with Gasteiger partial charge in [-0.3, -0.25) is 9.97 Å². The normalized spacial score (nSPS) is 12.3. The SMILES string of the molecule is c1ccc([Si](c2ccccc2)(c2cccc3c2oc2ccc(-n4c5ccccc5c5cnccc54)cc23)c2cccc3c2oc2ccc(-n4c5ccccc5c5ncccc54)cc23)cc1. The van der Waals surface area contributed by atoms with Crippen molar-refractivity contribution in [1.29, 1.82) is 0 Å². The van der Waals surface area contributed by atoms with Crippen LogP contribution in [0.1, 0.15) is 0 Å². The minimum Gasteiger partial charge on any atom is -0.456 e. The summed E-state index contributed by atoms with van der Waals surface area (Å²) < 4.78 is 19.0. The molecule has 304 valence electrons. The van der Waals surface area contributed by atoms with E-state index >= 15 is 0 Å². The van der Waals surface area contributed by atoms with Gasteiger partial charge >= 0.3 is 0 Å². The Balaban J connectivity index is 1.04. The zero-order valence-electron chi connectivity index (χ0n) is 34.9. The number of para-hydroxylation sites is 4. The molecule has 14 aromatic rings. The van der Waals surface area contributed by atoms with Crippen molar-refractivity contribution in [2.45, 2.75) is 0 Å². The number of fused-ring (bicyclic) bond motifs is 12. The maximum atomic E-state index is 7.18. The van der Waals surface area contributed by atoms with Crippen molar-refractivity contribution in [3.05, 3.63) is 219 Å². The molecule has 65 heavy (non-hydrogen) atoms. The molecular formula is C58H36N4O2Si. The predicted octanol–water partition coefficient (Wildman–Crippen LogP) is 11.8. The Hall–Kier alpha value is -8.52. The summed E-state index contributed by atoms with van der Waals surface area (Å²) in [7, 11) is -3.25. The van der Waals surface area contributed by atoms with Crippen LogP contribution in [0.3, 0.4) is 0 Å². The fraction of sp³-hybridized carbons (Fsp3) is 0. The highest BCUT2D eigenvalue weighted by atomic mass is 28.3. The second kappa shape index (κ2) is 13.7. The lowest BCUT2D eigenvalue weighted by Gasteiger charge is -2.34. The van der Waals surface area contributed by atoms with E-state index in [-0.39, 0.29) is 0 Å². The number of furan rings is 2. The third kappa shape index (κ3) is 5.04. The topological polar surface area (TPSA) is 61.9 Å². The average Bonchev–Trinajstić information content (AvgIpc) is 4.13. The lowest BCUT2D eigenvalue weighted by molar-refractivity contribution is 0.670. The Morgan fingerprint density at radius 3 is 1.51 bits per heavy atom. The Bertz CT molecular complexity index is 3820. The Labute approximate surface area is 372 Å². The van der Waals surface area contributed by atoms with Crippen molar-refractivity contribution in [3.63, 3.8) is 0 Å². The maximum absolute atomic E-state index is 7.18. The van der Waals surface area contributed by atoms with E-state index in [0.29, 0.717) is 0 Å². The number of pyridine rings is 2. The van der Waals surface area contributed by atoms with Gasteiger partial charge in [0.05, 0.1) is 27.6 Å². The Kier molecular flexibility index (Phi) is 7.61. The highest BCUT2D eigenvalue weighted by Crippen LogP contribution is 2.38. The van der Waals surface area contributed by atoms with Crippen molar-refractivity contribution < 1.29 is 8.83 Å². The quantitative estimate of drug-likeness (QED) is 0.124. The van der Waals surface area contributed by atoms with Crippen LogP contribution >= 0.6 is 0 Å². The largest absolute Gasteiger partial charge is 0.456 e. The number of aromatic nitrogens is 4. The lowest BCUT2D eigenvalue weighted by atomic mass is 10.1. The third-order valence-electron chi connectivity index (χ3n) is 13.6. The molecule has 0 saturated carbocycles. The number of nitrogens with zero attached hydrogens (tertiary/aromatic N) is 4. The van der Waals surface area contributed by atoms with E-state index in [1.165, 1.54) is 26.1 Å². The smallest absolute Gasteiger partial charge is 0.188 e. The predicted molar refractivity (Wildman–Crippen MR) is 269 cm³/mol. The summed E-state index contributed by atoms with van der Waals surface area (Å²) >= 11 is 0. The summed E-state index contributed by atoms with van der Waals surface area (Å²) in [6.07, 6.45) is 5.71. The van der Waals surface area contributed by atoms with Gasteiger partial charge in [0.2, 0.25) is 0 Å². The minimum absolute atomic E-state index is 0.842. The fourth-order valence-corrected chi connectivity index (χ4v) is 15.9. The third-order valence-corrected chi connectivity index (χ3v) is 18.4. The highest BCUT2D eigenvalue weighted by molar-refractivity contribution is 7.21. The molecule has 0 N–H and O–H groups in total. The molecule has 0 fully saturated rings. The molecule has 0 aliphatic carbocycles. The van der Waals surface area contributed by atoms with Crippen LogP contribution in [0.2, 0.25) is 0 Å². The van der Waals surface area contributed by atoms with Gasteiger partial charge in [-0.15, -0.1) is 0 Å².